The maximum atomic E-state index is 12.4. The molecule has 3 aromatic heterocycles. The molecule has 0 fully saturated rings. The van der Waals surface area contributed by atoms with Gasteiger partial charge in [0, 0.05) is 22.5 Å². The van der Waals surface area contributed by atoms with Crippen molar-refractivity contribution in [3.05, 3.63) is 59.0 Å². The zero-order valence-electron chi connectivity index (χ0n) is 15.7. The van der Waals surface area contributed by atoms with E-state index in [9.17, 15) is 4.79 Å². The summed E-state index contributed by atoms with van der Waals surface area (Å²) in [5.74, 6) is 1.29. The van der Waals surface area contributed by atoms with E-state index >= 15 is 0 Å². The van der Waals surface area contributed by atoms with Crippen LogP contribution in [0.25, 0.3) is 22.0 Å². The number of rotatable bonds is 5. The van der Waals surface area contributed by atoms with Gasteiger partial charge in [-0.2, -0.15) is 0 Å². The number of nitrogens with one attached hydrogen (secondary N) is 1. The monoisotopic (exact) mass is 436 g/mol. The second-order valence-corrected chi connectivity index (χ2v) is 8.20. The minimum absolute atomic E-state index is 0.157. The largest absolute Gasteiger partial charge is 0.486 e. The third-order valence-electron chi connectivity index (χ3n) is 4.37. The van der Waals surface area contributed by atoms with E-state index in [1.807, 2.05) is 47.2 Å². The van der Waals surface area contributed by atoms with E-state index in [0.717, 1.165) is 27.7 Å². The Kier molecular flexibility index (Phi) is 5.12. The highest BCUT2D eigenvalue weighted by atomic mass is 32.1. The van der Waals surface area contributed by atoms with Crippen LogP contribution in [0.3, 0.4) is 0 Å². The Hall–Kier alpha value is -3.30. The summed E-state index contributed by atoms with van der Waals surface area (Å²) in [5.41, 5.74) is 3.20. The van der Waals surface area contributed by atoms with Crippen LogP contribution in [0.1, 0.15) is 5.69 Å². The molecule has 0 unspecified atom stereocenters. The fraction of sp³-hybridized carbons (Fsp3) is 0.143. The molecule has 0 aliphatic carbocycles. The van der Waals surface area contributed by atoms with Crippen molar-refractivity contribution in [2.75, 3.05) is 18.5 Å². The van der Waals surface area contributed by atoms with Crippen molar-refractivity contribution in [2.45, 2.75) is 6.42 Å². The smallest absolute Gasteiger partial charge is 0.232 e. The zero-order chi connectivity index (χ0) is 20.3. The Morgan fingerprint density at radius 3 is 2.77 bits per heavy atom. The Balaban J connectivity index is 1.24. The fourth-order valence-electron chi connectivity index (χ4n) is 2.99. The maximum absolute atomic E-state index is 12.4. The summed E-state index contributed by atoms with van der Waals surface area (Å²) in [6.45, 7) is 1.09. The maximum Gasteiger partial charge on any atom is 0.232 e. The highest BCUT2D eigenvalue weighted by Crippen LogP contribution is 2.35. The molecule has 0 spiro atoms. The normalized spacial score (nSPS) is 12.5. The standard InChI is InChI=1S/C21H16N4O3S2/c26-19(10-14-11-29-20(23-14)15-3-1-2-6-22-15)25-21-24-16(12-30-21)13-4-5-17-18(9-13)28-8-7-27-17/h1-6,9,11-12H,7-8,10H2,(H,24,25,26). The number of carbonyl (C=O) groups excluding carboxylic acids is 1. The molecule has 4 aromatic rings. The number of hydrogen-bond acceptors (Lipinski definition) is 8. The van der Waals surface area contributed by atoms with Gasteiger partial charge in [0.25, 0.3) is 0 Å². The molecule has 0 saturated carbocycles. The molecule has 0 bridgehead atoms. The molecule has 1 N–H and O–H groups in total. The van der Waals surface area contributed by atoms with Gasteiger partial charge in [0.2, 0.25) is 5.91 Å². The van der Waals surface area contributed by atoms with Crippen molar-refractivity contribution >= 4 is 33.7 Å². The lowest BCUT2D eigenvalue weighted by Gasteiger charge is -2.18. The molecule has 150 valence electrons. The van der Waals surface area contributed by atoms with Crippen molar-refractivity contribution in [3.8, 4) is 33.5 Å². The third kappa shape index (κ3) is 4.03. The minimum Gasteiger partial charge on any atom is -0.486 e. The number of amides is 1. The van der Waals surface area contributed by atoms with E-state index in [1.54, 1.807) is 6.20 Å². The SMILES string of the molecule is O=C(Cc1csc(-c2ccccn2)n1)Nc1nc(-c2ccc3c(c2)OCCO3)cs1. The van der Waals surface area contributed by atoms with Crippen LogP contribution >= 0.6 is 22.7 Å². The van der Waals surface area contributed by atoms with Gasteiger partial charge in [-0.15, -0.1) is 22.7 Å². The Morgan fingerprint density at radius 1 is 1.00 bits per heavy atom. The predicted molar refractivity (Wildman–Crippen MR) is 116 cm³/mol. The van der Waals surface area contributed by atoms with Crippen molar-refractivity contribution < 1.29 is 14.3 Å². The average Bonchev–Trinajstić information content (AvgIpc) is 3.44. The molecule has 5 rings (SSSR count). The van der Waals surface area contributed by atoms with Crippen LogP contribution in [0.4, 0.5) is 5.13 Å². The van der Waals surface area contributed by atoms with E-state index < -0.39 is 0 Å². The van der Waals surface area contributed by atoms with Crippen LogP contribution in [-0.4, -0.2) is 34.1 Å². The Bertz CT molecular complexity index is 1190. The van der Waals surface area contributed by atoms with Crippen molar-refractivity contribution in [2.24, 2.45) is 0 Å². The van der Waals surface area contributed by atoms with Gasteiger partial charge in [0.1, 0.15) is 18.2 Å². The van der Waals surface area contributed by atoms with Crippen LogP contribution in [0.5, 0.6) is 11.5 Å². The van der Waals surface area contributed by atoms with Gasteiger partial charge in [0.05, 0.1) is 23.5 Å². The van der Waals surface area contributed by atoms with Gasteiger partial charge in [-0.1, -0.05) is 6.07 Å². The first-order chi connectivity index (χ1) is 14.7. The summed E-state index contributed by atoms with van der Waals surface area (Å²) in [6.07, 6.45) is 1.91. The predicted octanol–water partition coefficient (Wildman–Crippen LogP) is 4.28. The summed E-state index contributed by atoms with van der Waals surface area (Å²) in [6, 6.07) is 11.4. The highest BCUT2D eigenvalue weighted by Gasteiger charge is 2.15. The number of anilines is 1. The number of ether oxygens (including phenoxy) is 2. The first-order valence-corrected chi connectivity index (χ1v) is 11.0. The second-order valence-electron chi connectivity index (χ2n) is 6.48. The van der Waals surface area contributed by atoms with E-state index in [2.05, 4.69) is 20.3 Å². The summed E-state index contributed by atoms with van der Waals surface area (Å²) >= 11 is 2.85. The van der Waals surface area contributed by atoms with Crippen LogP contribution in [0.15, 0.2) is 53.4 Å². The van der Waals surface area contributed by atoms with Gasteiger partial charge in [0.15, 0.2) is 16.6 Å². The summed E-state index contributed by atoms with van der Waals surface area (Å²) in [7, 11) is 0. The van der Waals surface area contributed by atoms with Gasteiger partial charge < -0.3 is 14.8 Å². The quantitative estimate of drug-likeness (QED) is 0.503. The lowest BCUT2D eigenvalue weighted by atomic mass is 10.1. The Morgan fingerprint density at radius 2 is 1.90 bits per heavy atom. The minimum atomic E-state index is -0.157. The summed E-state index contributed by atoms with van der Waals surface area (Å²) < 4.78 is 11.2. The topological polar surface area (TPSA) is 86.2 Å². The number of fused-ring (bicyclic) bond motifs is 1. The molecule has 7 nitrogen and oxygen atoms in total. The number of nitrogens with zero attached hydrogens (tertiary/aromatic N) is 3. The summed E-state index contributed by atoms with van der Waals surface area (Å²) in [4.78, 5) is 25.8. The van der Waals surface area contributed by atoms with Crippen molar-refractivity contribution in [1.82, 2.24) is 15.0 Å². The van der Waals surface area contributed by atoms with Gasteiger partial charge in [-0.25, -0.2) is 9.97 Å². The molecule has 1 aromatic carbocycles. The van der Waals surface area contributed by atoms with E-state index in [4.69, 9.17) is 9.47 Å². The van der Waals surface area contributed by atoms with E-state index in [0.29, 0.717) is 29.8 Å². The molecule has 1 amide bonds. The van der Waals surface area contributed by atoms with E-state index in [1.165, 1.54) is 22.7 Å². The molecule has 0 saturated heterocycles. The summed E-state index contributed by atoms with van der Waals surface area (Å²) in [5, 5.41) is 7.99. The number of benzene rings is 1. The van der Waals surface area contributed by atoms with E-state index in [-0.39, 0.29) is 12.3 Å². The molecule has 30 heavy (non-hydrogen) atoms. The lowest BCUT2D eigenvalue weighted by Crippen LogP contribution is -2.15. The Labute approximate surface area is 180 Å². The average molecular weight is 437 g/mol. The van der Waals surface area contributed by atoms with Crippen LogP contribution < -0.4 is 14.8 Å². The van der Waals surface area contributed by atoms with Gasteiger partial charge in [-0.3, -0.25) is 9.78 Å². The van der Waals surface area contributed by atoms with Gasteiger partial charge in [-0.05, 0) is 30.3 Å². The fourth-order valence-corrected chi connectivity index (χ4v) is 4.52. The number of thiazole rings is 2. The number of carbonyl (C=O) groups is 1. The molecular formula is C21H16N4O3S2. The zero-order valence-corrected chi connectivity index (χ0v) is 17.3. The first kappa shape index (κ1) is 18.7. The molecule has 9 heteroatoms. The number of hydrogen-bond donors (Lipinski definition) is 1. The second kappa shape index (κ2) is 8.21. The molecule has 0 atom stereocenters. The van der Waals surface area contributed by atoms with Crippen molar-refractivity contribution in [1.29, 1.82) is 0 Å². The molecule has 4 heterocycles. The first-order valence-electron chi connectivity index (χ1n) is 9.26. The molecule has 1 aliphatic heterocycles. The van der Waals surface area contributed by atoms with Gasteiger partial charge >= 0.3 is 0 Å². The van der Waals surface area contributed by atoms with Crippen LogP contribution in [0.2, 0.25) is 0 Å². The lowest BCUT2D eigenvalue weighted by molar-refractivity contribution is -0.115. The van der Waals surface area contributed by atoms with Crippen LogP contribution in [0, 0.1) is 0 Å². The molecular weight excluding hydrogens is 420 g/mol. The highest BCUT2D eigenvalue weighted by molar-refractivity contribution is 7.14. The van der Waals surface area contributed by atoms with Crippen LogP contribution in [-0.2, 0) is 11.2 Å². The molecule has 0 radical (unpaired) electrons. The molecule has 1 aliphatic rings. The number of aromatic nitrogens is 3. The third-order valence-corrected chi connectivity index (χ3v) is 6.04. The van der Waals surface area contributed by atoms with Crippen molar-refractivity contribution in [3.63, 3.8) is 0 Å². The number of pyridine rings is 1.